The second-order valence-corrected chi connectivity index (χ2v) is 6.20. The number of nitrogens with zero attached hydrogens (tertiary/aromatic N) is 1. The van der Waals surface area contributed by atoms with Crippen LogP contribution in [0.2, 0.25) is 5.02 Å². The van der Waals surface area contributed by atoms with Gasteiger partial charge < -0.3 is 14.8 Å². The largest absolute Gasteiger partial charge is 0.488 e. The standard InChI is InChI=1S/C21H19ClN2O3/c1-26-21-16(5-4-12-23-21)13-24-20(25)18-6-2-3-7-19(18)27-14-15-8-10-17(22)11-9-15/h2-12H,13-14H2,1H3,(H,24,25). The maximum Gasteiger partial charge on any atom is 0.255 e. The number of halogens is 1. The van der Waals surface area contributed by atoms with Crippen LogP contribution in [0.1, 0.15) is 21.5 Å². The Balaban J connectivity index is 1.67. The zero-order valence-electron chi connectivity index (χ0n) is 14.8. The Morgan fingerprint density at radius 1 is 1.07 bits per heavy atom. The number of hydrogen-bond donors (Lipinski definition) is 1. The number of hydrogen-bond acceptors (Lipinski definition) is 4. The molecule has 0 saturated heterocycles. The van der Waals surface area contributed by atoms with Gasteiger partial charge in [0.15, 0.2) is 0 Å². The molecule has 0 aliphatic carbocycles. The first-order valence-electron chi connectivity index (χ1n) is 8.39. The molecule has 0 unspecified atom stereocenters. The molecule has 0 aliphatic rings. The van der Waals surface area contributed by atoms with Gasteiger partial charge in [0.05, 0.1) is 12.7 Å². The topological polar surface area (TPSA) is 60.5 Å². The molecule has 138 valence electrons. The van der Waals surface area contributed by atoms with Gasteiger partial charge in [-0.3, -0.25) is 4.79 Å². The molecule has 3 aromatic rings. The lowest BCUT2D eigenvalue weighted by Gasteiger charge is -2.12. The van der Waals surface area contributed by atoms with Crippen molar-refractivity contribution in [2.75, 3.05) is 7.11 Å². The third-order valence-corrected chi connectivity index (χ3v) is 4.17. The average Bonchev–Trinajstić information content (AvgIpc) is 2.72. The van der Waals surface area contributed by atoms with Gasteiger partial charge in [-0.2, -0.15) is 0 Å². The van der Waals surface area contributed by atoms with Gasteiger partial charge in [-0.25, -0.2) is 4.98 Å². The number of carbonyl (C=O) groups excluding carboxylic acids is 1. The van der Waals surface area contributed by atoms with Crippen molar-refractivity contribution in [3.63, 3.8) is 0 Å². The second-order valence-electron chi connectivity index (χ2n) is 5.77. The zero-order chi connectivity index (χ0) is 19.1. The van der Waals surface area contributed by atoms with E-state index in [2.05, 4.69) is 10.3 Å². The lowest BCUT2D eigenvalue weighted by molar-refractivity contribution is 0.0946. The molecular formula is C21H19ClN2O3. The molecular weight excluding hydrogens is 364 g/mol. The molecule has 6 heteroatoms. The third-order valence-electron chi connectivity index (χ3n) is 3.92. The number of rotatable bonds is 7. The molecule has 0 spiro atoms. The van der Waals surface area contributed by atoms with Gasteiger partial charge in [0.2, 0.25) is 5.88 Å². The van der Waals surface area contributed by atoms with Gasteiger partial charge >= 0.3 is 0 Å². The molecule has 2 aromatic carbocycles. The summed E-state index contributed by atoms with van der Waals surface area (Å²) < 4.78 is 11.0. The zero-order valence-corrected chi connectivity index (χ0v) is 15.6. The molecule has 3 rings (SSSR count). The number of ether oxygens (including phenoxy) is 2. The summed E-state index contributed by atoms with van der Waals surface area (Å²) in [5.41, 5.74) is 2.23. The highest BCUT2D eigenvalue weighted by molar-refractivity contribution is 6.30. The van der Waals surface area contributed by atoms with E-state index in [4.69, 9.17) is 21.1 Å². The molecule has 1 heterocycles. The fourth-order valence-electron chi connectivity index (χ4n) is 2.53. The SMILES string of the molecule is COc1ncccc1CNC(=O)c1ccccc1OCc1ccc(Cl)cc1. The first-order chi connectivity index (χ1) is 13.2. The molecule has 27 heavy (non-hydrogen) atoms. The molecule has 0 saturated carbocycles. The maximum absolute atomic E-state index is 12.6. The van der Waals surface area contributed by atoms with Crippen LogP contribution in [0.15, 0.2) is 66.9 Å². The fraction of sp³-hybridized carbons (Fsp3) is 0.143. The highest BCUT2D eigenvalue weighted by Crippen LogP contribution is 2.21. The number of carbonyl (C=O) groups is 1. The van der Waals surface area contributed by atoms with Crippen LogP contribution in [0.3, 0.4) is 0 Å². The monoisotopic (exact) mass is 382 g/mol. The van der Waals surface area contributed by atoms with E-state index >= 15 is 0 Å². The fourth-order valence-corrected chi connectivity index (χ4v) is 2.66. The first kappa shape index (κ1) is 18.7. The van der Waals surface area contributed by atoms with Crippen LogP contribution in [0.25, 0.3) is 0 Å². The number of pyridine rings is 1. The van der Waals surface area contributed by atoms with Crippen molar-refractivity contribution in [2.45, 2.75) is 13.2 Å². The summed E-state index contributed by atoms with van der Waals surface area (Å²) in [5, 5.41) is 3.55. The van der Waals surface area contributed by atoms with Gasteiger partial charge in [-0.15, -0.1) is 0 Å². The Morgan fingerprint density at radius 2 is 1.85 bits per heavy atom. The summed E-state index contributed by atoms with van der Waals surface area (Å²) in [4.78, 5) is 16.8. The number of aromatic nitrogens is 1. The molecule has 0 fully saturated rings. The lowest BCUT2D eigenvalue weighted by Crippen LogP contribution is -2.23. The first-order valence-corrected chi connectivity index (χ1v) is 8.77. The smallest absolute Gasteiger partial charge is 0.255 e. The predicted molar refractivity (Wildman–Crippen MR) is 104 cm³/mol. The third kappa shape index (κ3) is 4.99. The Morgan fingerprint density at radius 3 is 2.63 bits per heavy atom. The van der Waals surface area contributed by atoms with E-state index in [0.717, 1.165) is 11.1 Å². The number of amides is 1. The van der Waals surface area contributed by atoms with Gasteiger partial charge in [-0.05, 0) is 35.9 Å². The molecule has 5 nitrogen and oxygen atoms in total. The van der Waals surface area contributed by atoms with Crippen molar-refractivity contribution in [1.29, 1.82) is 0 Å². The molecule has 0 bridgehead atoms. The lowest BCUT2D eigenvalue weighted by atomic mass is 10.1. The van der Waals surface area contributed by atoms with Crippen LogP contribution in [0.4, 0.5) is 0 Å². The molecule has 1 N–H and O–H groups in total. The van der Waals surface area contributed by atoms with Crippen LogP contribution >= 0.6 is 11.6 Å². The van der Waals surface area contributed by atoms with Crippen molar-refractivity contribution < 1.29 is 14.3 Å². The van der Waals surface area contributed by atoms with Gasteiger partial charge in [0, 0.05) is 23.3 Å². The van der Waals surface area contributed by atoms with E-state index in [1.807, 2.05) is 24.3 Å². The Hall–Kier alpha value is -3.05. The Kier molecular flexibility index (Phi) is 6.28. The van der Waals surface area contributed by atoms with Gasteiger partial charge in [0.25, 0.3) is 5.91 Å². The van der Waals surface area contributed by atoms with Crippen molar-refractivity contribution >= 4 is 17.5 Å². The number of nitrogens with one attached hydrogen (secondary N) is 1. The Bertz CT molecular complexity index is 913. The summed E-state index contributed by atoms with van der Waals surface area (Å²) in [6.45, 7) is 0.652. The van der Waals surface area contributed by atoms with Crippen LogP contribution in [0.5, 0.6) is 11.6 Å². The van der Waals surface area contributed by atoms with Crippen molar-refractivity contribution in [3.05, 3.63) is 88.6 Å². The minimum atomic E-state index is -0.229. The van der Waals surface area contributed by atoms with Gasteiger partial charge in [0.1, 0.15) is 12.4 Å². The normalized spacial score (nSPS) is 10.3. The molecule has 0 aliphatic heterocycles. The van der Waals surface area contributed by atoms with Crippen molar-refractivity contribution in [2.24, 2.45) is 0 Å². The van der Waals surface area contributed by atoms with E-state index in [-0.39, 0.29) is 5.91 Å². The predicted octanol–water partition coefficient (Wildman–Crippen LogP) is 4.25. The van der Waals surface area contributed by atoms with Crippen molar-refractivity contribution in [3.8, 4) is 11.6 Å². The summed E-state index contributed by atoms with van der Waals surface area (Å²) in [7, 11) is 1.55. The number of methoxy groups -OCH3 is 1. The van der Waals surface area contributed by atoms with Crippen molar-refractivity contribution in [1.82, 2.24) is 10.3 Å². The minimum Gasteiger partial charge on any atom is -0.488 e. The van der Waals surface area contributed by atoms with Crippen LogP contribution in [-0.4, -0.2) is 18.0 Å². The molecule has 0 atom stereocenters. The van der Waals surface area contributed by atoms with Gasteiger partial charge in [-0.1, -0.05) is 41.9 Å². The van der Waals surface area contributed by atoms with E-state index in [1.54, 1.807) is 49.7 Å². The summed E-state index contributed by atoms with van der Waals surface area (Å²) in [6, 6.07) is 18.2. The van der Waals surface area contributed by atoms with E-state index in [1.165, 1.54) is 0 Å². The van der Waals surface area contributed by atoms with E-state index < -0.39 is 0 Å². The minimum absolute atomic E-state index is 0.229. The highest BCUT2D eigenvalue weighted by atomic mass is 35.5. The molecule has 1 amide bonds. The van der Waals surface area contributed by atoms with E-state index in [9.17, 15) is 4.79 Å². The quantitative estimate of drug-likeness (QED) is 0.663. The number of para-hydroxylation sites is 1. The van der Waals surface area contributed by atoms with Crippen LogP contribution in [0, 0.1) is 0 Å². The second kappa shape index (κ2) is 9.05. The summed E-state index contributed by atoms with van der Waals surface area (Å²) in [5.74, 6) is 0.779. The molecule has 1 aromatic heterocycles. The van der Waals surface area contributed by atoms with E-state index in [0.29, 0.717) is 35.4 Å². The molecule has 0 radical (unpaired) electrons. The van der Waals surface area contributed by atoms with Crippen LogP contribution < -0.4 is 14.8 Å². The average molecular weight is 383 g/mol. The highest BCUT2D eigenvalue weighted by Gasteiger charge is 2.13. The Labute approximate surface area is 162 Å². The summed E-state index contributed by atoms with van der Waals surface area (Å²) >= 11 is 5.90. The maximum atomic E-state index is 12.6. The summed E-state index contributed by atoms with van der Waals surface area (Å²) in [6.07, 6.45) is 1.64. The number of benzene rings is 2. The van der Waals surface area contributed by atoms with Crippen LogP contribution in [-0.2, 0) is 13.2 Å².